The molecule has 0 unspecified atom stereocenters. The van der Waals surface area contributed by atoms with E-state index in [1.807, 2.05) is 6.07 Å². The molecule has 0 aromatic heterocycles. The number of halogens is 3. The number of rotatable bonds is 4. The quantitative estimate of drug-likeness (QED) is 0.591. The predicted molar refractivity (Wildman–Crippen MR) is 122 cm³/mol. The topological polar surface area (TPSA) is 32.8 Å². The summed E-state index contributed by atoms with van der Waals surface area (Å²) >= 11 is 0. The van der Waals surface area contributed by atoms with Gasteiger partial charge in [-0.1, -0.05) is 24.6 Å². The summed E-state index contributed by atoms with van der Waals surface area (Å²) < 4.78 is 43.8. The first-order valence-electron chi connectivity index (χ1n) is 12.6. The molecule has 1 spiro atoms. The molecule has 0 atom stereocenters. The molecule has 1 saturated carbocycles. The second-order valence-electron chi connectivity index (χ2n) is 10.3. The Balaban J connectivity index is 1.40. The van der Waals surface area contributed by atoms with E-state index in [4.69, 9.17) is 4.74 Å². The van der Waals surface area contributed by atoms with E-state index in [2.05, 4.69) is 23.1 Å². The van der Waals surface area contributed by atoms with Crippen LogP contribution in [0.3, 0.4) is 0 Å². The Labute approximate surface area is 195 Å². The van der Waals surface area contributed by atoms with E-state index in [1.165, 1.54) is 18.4 Å². The van der Waals surface area contributed by atoms with E-state index in [-0.39, 0.29) is 11.3 Å². The molecule has 0 radical (unpaired) electrons. The number of aryl methyl sites for hydroxylation is 1. The summed E-state index contributed by atoms with van der Waals surface area (Å²) in [4.78, 5) is 16.6. The van der Waals surface area contributed by atoms with E-state index < -0.39 is 19.0 Å². The number of piperidine rings is 1. The Morgan fingerprint density at radius 2 is 1.82 bits per heavy atom. The van der Waals surface area contributed by atoms with Crippen molar-refractivity contribution in [3.63, 3.8) is 0 Å². The van der Waals surface area contributed by atoms with Gasteiger partial charge in [0.15, 0.2) is 0 Å². The third-order valence-electron chi connectivity index (χ3n) is 7.61. The van der Waals surface area contributed by atoms with Crippen molar-refractivity contribution >= 4 is 5.91 Å². The van der Waals surface area contributed by atoms with Gasteiger partial charge < -0.3 is 9.64 Å². The number of hydrogen-bond donors (Lipinski definition) is 0. The Hall–Kier alpha value is -1.76. The average molecular weight is 467 g/mol. The van der Waals surface area contributed by atoms with Gasteiger partial charge in [0.05, 0.1) is 6.42 Å². The zero-order chi connectivity index (χ0) is 23.3. The maximum absolute atomic E-state index is 12.5. The lowest BCUT2D eigenvalue weighted by molar-refractivity contribution is -0.150. The molecule has 184 valence electrons. The van der Waals surface area contributed by atoms with Crippen LogP contribution in [0.4, 0.5) is 13.2 Å². The van der Waals surface area contributed by atoms with Crippen LogP contribution >= 0.6 is 0 Å². The molecule has 4 rings (SSSR count). The van der Waals surface area contributed by atoms with Gasteiger partial charge in [-0.3, -0.25) is 9.69 Å². The van der Waals surface area contributed by atoms with Crippen molar-refractivity contribution in [3.8, 4) is 5.75 Å². The van der Waals surface area contributed by atoms with Crippen LogP contribution in [0.5, 0.6) is 5.75 Å². The van der Waals surface area contributed by atoms with Gasteiger partial charge in [-0.15, -0.1) is 0 Å². The van der Waals surface area contributed by atoms with E-state index in [1.54, 1.807) is 4.90 Å². The largest absolute Gasteiger partial charge is 0.492 e. The lowest BCUT2D eigenvalue weighted by Gasteiger charge is -2.45. The fraction of sp³-hybridized carbons (Fsp3) is 0.731. The van der Waals surface area contributed by atoms with Crippen molar-refractivity contribution in [1.82, 2.24) is 9.80 Å². The van der Waals surface area contributed by atoms with Gasteiger partial charge in [-0.2, -0.15) is 13.2 Å². The summed E-state index contributed by atoms with van der Waals surface area (Å²) in [6.07, 6.45) is 2.96. The fourth-order valence-electron chi connectivity index (χ4n) is 5.45. The van der Waals surface area contributed by atoms with Gasteiger partial charge in [0, 0.05) is 39.1 Å². The minimum Gasteiger partial charge on any atom is -0.492 e. The molecule has 0 N–H and O–H groups in total. The van der Waals surface area contributed by atoms with E-state index in [0.717, 1.165) is 69.8 Å². The second-order valence-corrected chi connectivity index (χ2v) is 10.3. The van der Waals surface area contributed by atoms with Crippen LogP contribution in [0.2, 0.25) is 0 Å². The molecule has 4 nitrogen and oxygen atoms in total. The standard InChI is InChI=1S/C26H37F3N2O2/c27-26(28,29)12-10-24(32)31-15-13-25(14-16-31)11-4-3-6-22-5-1-2-7-23(22)33-18-17-30(20-25)19-21-8-9-21/h1-2,5,7,21H,3-4,6,8-20H2. The summed E-state index contributed by atoms with van der Waals surface area (Å²) in [7, 11) is 0. The minimum absolute atomic E-state index is 0.133. The highest BCUT2D eigenvalue weighted by Gasteiger charge is 2.39. The Kier molecular flexibility index (Phi) is 7.87. The number of ether oxygens (including phenoxy) is 1. The second kappa shape index (κ2) is 10.7. The molecule has 1 aromatic rings. The molecule has 1 aromatic carbocycles. The maximum Gasteiger partial charge on any atom is 0.389 e. The van der Waals surface area contributed by atoms with E-state index >= 15 is 0 Å². The first-order valence-corrected chi connectivity index (χ1v) is 12.6. The number of likely N-dealkylation sites (tertiary alicyclic amines) is 1. The first kappa shape index (κ1) is 24.4. The number of amides is 1. The smallest absolute Gasteiger partial charge is 0.389 e. The SMILES string of the molecule is O=C(CCC(F)(F)F)N1CCC2(CCCCc3ccccc3OCCN(CC3CC3)C2)CC1. The van der Waals surface area contributed by atoms with Crippen LogP contribution < -0.4 is 4.74 Å². The van der Waals surface area contributed by atoms with Crippen LogP contribution in [0.25, 0.3) is 0 Å². The van der Waals surface area contributed by atoms with Gasteiger partial charge in [-0.25, -0.2) is 0 Å². The monoisotopic (exact) mass is 466 g/mol. The number of alkyl halides is 3. The van der Waals surface area contributed by atoms with Crippen molar-refractivity contribution < 1.29 is 22.7 Å². The molecule has 0 bridgehead atoms. The van der Waals surface area contributed by atoms with Crippen molar-refractivity contribution in [2.24, 2.45) is 11.3 Å². The van der Waals surface area contributed by atoms with E-state index in [0.29, 0.717) is 19.7 Å². The molecule has 1 saturated heterocycles. The molecule has 2 heterocycles. The minimum atomic E-state index is -4.27. The number of para-hydroxylation sites is 1. The van der Waals surface area contributed by atoms with Crippen molar-refractivity contribution in [1.29, 1.82) is 0 Å². The van der Waals surface area contributed by atoms with Crippen molar-refractivity contribution in [2.45, 2.75) is 70.4 Å². The summed E-state index contributed by atoms with van der Waals surface area (Å²) in [6.45, 7) is 4.81. The number of benzene rings is 1. The normalized spacial score (nSPS) is 22.7. The maximum atomic E-state index is 12.5. The van der Waals surface area contributed by atoms with Gasteiger partial charge in [0.25, 0.3) is 0 Å². The third kappa shape index (κ3) is 7.36. The average Bonchev–Trinajstić information content (AvgIpc) is 3.59. The number of fused-ring (bicyclic) bond motifs is 1. The summed E-state index contributed by atoms with van der Waals surface area (Å²) in [5.41, 5.74) is 1.40. The summed E-state index contributed by atoms with van der Waals surface area (Å²) in [6, 6.07) is 8.33. The molecule has 33 heavy (non-hydrogen) atoms. The molecular formula is C26H37F3N2O2. The molecule has 1 amide bonds. The van der Waals surface area contributed by atoms with Gasteiger partial charge in [0.1, 0.15) is 12.4 Å². The third-order valence-corrected chi connectivity index (χ3v) is 7.61. The lowest BCUT2D eigenvalue weighted by Crippen LogP contribution is -2.49. The van der Waals surface area contributed by atoms with Crippen LogP contribution in [0.15, 0.2) is 24.3 Å². The predicted octanol–water partition coefficient (Wildman–Crippen LogP) is 5.46. The molecular weight excluding hydrogens is 429 g/mol. The van der Waals surface area contributed by atoms with Gasteiger partial charge in [0.2, 0.25) is 5.91 Å². The number of carbonyl (C=O) groups excluding carboxylic acids is 1. The molecule has 2 fully saturated rings. The number of hydrogen-bond acceptors (Lipinski definition) is 3. The van der Waals surface area contributed by atoms with Gasteiger partial charge in [-0.05, 0) is 67.9 Å². The highest BCUT2D eigenvalue weighted by atomic mass is 19.4. The number of nitrogens with zero attached hydrogens (tertiary/aromatic N) is 2. The Morgan fingerprint density at radius 3 is 2.55 bits per heavy atom. The number of carbonyl (C=O) groups is 1. The Bertz CT molecular complexity index is 786. The van der Waals surface area contributed by atoms with Crippen LogP contribution in [-0.4, -0.2) is 61.2 Å². The zero-order valence-corrected chi connectivity index (χ0v) is 19.5. The zero-order valence-electron chi connectivity index (χ0n) is 19.5. The van der Waals surface area contributed by atoms with Crippen LogP contribution in [0, 0.1) is 11.3 Å². The van der Waals surface area contributed by atoms with Crippen LogP contribution in [0.1, 0.15) is 63.4 Å². The van der Waals surface area contributed by atoms with Crippen LogP contribution in [-0.2, 0) is 11.2 Å². The summed E-state index contributed by atoms with van der Waals surface area (Å²) in [5.74, 6) is 1.44. The Morgan fingerprint density at radius 1 is 1.06 bits per heavy atom. The lowest BCUT2D eigenvalue weighted by atomic mass is 9.73. The van der Waals surface area contributed by atoms with Crippen molar-refractivity contribution in [2.75, 3.05) is 39.3 Å². The fourth-order valence-corrected chi connectivity index (χ4v) is 5.45. The molecule has 7 heteroatoms. The molecule has 3 aliphatic rings. The summed E-state index contributed by atoms with van der Waals surface area (Å²) in [5, 5.41) is 0. The molecule has 2 aliphatic heterocycles. The van der Waals surface area contributed by atoms with Crippen molar-refractivity contribution in [3.05, 3.63) is 29.8 Å². The highest BCUT2D eigenvalue weighted by molar-refractivity contribution is 5.76. The highest BCUT2D eigenvalue weighted by Crippen LogP contribution is 2.40. The first-order chi connectivity index (χ1) is 15.8. The van der Waals surface area contributed by atoms with E-state index in [9.17, 15) is 18.0 Å². The molecule has 1 aliphatic carbocycles. The van der Waals surface area contributed by atoms with Gasteiger partial charge >= 0.3 is 6.18 Å².